The van der Waals surface area contributed by atoms with Crippen molar-refractivity contribution >= 4 is 0 Å². The summed E-state index contributed by atoms with van der Waals surface area (Å²) in [5.74, 6) is 1.76. The van der Waals surface area contributed by atoms with Gasteiger partial charge in [-0.05, 0) is 17.7 Å². The molecule has 0 saturated carbocycles. The van der Waals surface area contributed by atoms with Crippen molar-refractivity contribution in [2.75, 3.05) is 20.4 Å². The van der Waals surface area contributed by atoms with Crippen molar-refractivity contribution < 1.29 is 14.2 Å². The topological polar surface area (TPSA) is 63.5 Å². The van der Waals surface area contributed by atoms with Crippen molar-refractivity contribution in [3.8, 4) is 23.3 Å². The second-order valence-corrected chi connectivity index (χ2v) is 3.72. The van der Waals surface area contributed by atoms with Gasteiger partial charge in [-0.3, -0.25) is 5.32 Å². The Balaban J connectivity index is 2.33. The average Bonchev–Trinajstić information content (AvgIpc) is 2.87. The summed E-state index contributed by atoms with van der Waals surface area (Å²) in [5.41, 5.74) is 0.778. The first-order valence-electron chi connectivity index (χ1n) is 5.51. The van der Waals surface area contributed by atoms with Crippen LogP contribution in [0.25, 0.3) is 0 Å². The summed E-state index contributed by atoms with van der Waals surface area (Å²) in [5, 5.41) is 12.2. The number of methoxy groups -OCH3 is 1. The second-order valence-electron chi connectivity index (χ2n) is 3.72. The molecule has 2 rings (SSSR count). The normalized spacial score (nSPS) is 13.8. The van der Waals surface area contributed by atoms with Gasteiger partial charge in [0.1, 0.15) is 6.04 Å². The zero-order valence-electron chi connectivity index (χ0n) is 10.1. The van der Waals surface area contributed by atoms with E-state index >= 15 is 0 Å². The fourth-order valence-corrected chi connectivity index (χ4v) is 1.76. The van der Waals surface area contributed by atoms with Crippen LogP contribution in [0.5, 0.6) is 17.2 Å². The number of hydrogen-bond donors (Lipinski definition) is 1. The fourth-order valence-electron chi connectivity index (χ4n) is 1.76. The molecular formula is C13H14N2O3. The number of ether oxygens (including phenoxy) is 3. The molecule has 0 spiro atoms. The van der Waals surface area contributed by atoms with Crippen LogP contribution in [0.1, 0.15) is 11.6 Å². The van der Waals surface area contributed by atoms with E-state index in [1.165, 1.54) is 0 Å². The molecule has 0 bridgehead atoms. The molecule has 94 valence electrons. The number of fused-ring (bicyclic) bond motifs is 1. The highest BCUT2D eigenvalue weighted by atomic mass is 16.7. The standard InChI is InChI=1S/C13H14N2O3/c1-3-4-15-10(7-14)9-5-11(16-2)13-12(6-9)17-8-18-13/h3,5-6,10,15H,1,4,8H2,2H3. The highest BCUT2D eigenvalue weighted by molar-refractivity contribution is 5.56. The van der Waals surface area contributed by atoms with Gasteiger partial charge in [0.2, 0.25) is 12.5 Å². The predicted molar refractivity (Wildman–Crippen MR) is 65.7 cm³/mol. The van der Waals surface area contributed by atoms with Gasteiger partial charge in [0.15, 0.2) is 11.5 Å². The summed E-state index contributed by atoms with van der Waals surface area (Å²) in [6.07, 6.45) is 1.70. The van der Waals surface area contributed by atoms with Gasteiger partial charge < -0.3 is 14.2 Å². The summed E-state index contributed by atoms with van der Waals surface area (Å²) < 4.78 is 15.9. The minimum absolute atomic E-state index is 0.173. The Bertz CT molecular complexity index is 494. The van der Waals surface area contributed by atoms with E-state index in [0.29, 0.717) is 23.8 Å². The maximum Gasteiger partial charge on any atom is 0.231 e. The maximum absolute atomic E-state index is 9.16. The number of benzene rings is 1. The minimum Gasteiger partial charge on any atom is -0.493 e. The first kappa shape index (κ1) is 12.3. The van der Waals surface area contributed by atoms with Gasteiger partial charge in [0.25, 0.3) is 0 Å². The third kappa shape index (κ3) is 2.24. The van der Waals surface area contributed by atoms with Gasteiger partial charge in [0.05, 0.1) is 13.2 Å². The van der Waals surface area contributed by atoms with E-state index in [0.717, 1.165) is 5.56 Å². The number of nitriles is 1. The highest BCUT2D eigenvalue weighted by Gasteiger charge is 2.22. The van der Waals surface area contributed by atoms with E-state index < -0.39 is 6.04 Å². The molecule has 1 aliphatic rings. The average molecular weight is 246 g/mol. The third-order valence-electron chi connectivity index (χ3n) is 2.61. The number of nitrogens with one attached hydrogen (secondary N) is 1. The fraction of sp³-hybridized carbons (Fsp3) is 0.308. The molecule has 5 heteroatoms. The van der Waals surface area contributed by atoms with E-state index in [-0.39, 0.29) is 6.79 Å². The summed E-state index contributed by atoms with van der Waals surface area (Å²) in [4.78, 5) is 0. The lowest BCUT2D eigenvalue weighted by molar-refractivity contribution is 0.171. The van der Waals surface area contributed by atoms with Crippen molar-refractivity contribution in [3.05, 3.63) is 30.4 Å². The number of nitrogens with zero attached hydrogens (tertiary/aromatic N) is 1. The largest absolute Gasteiger partial charge is 0.493 e. The van der Waals surface area contributed by atoms with Gasteiger partial charge in [-0.2, -0.15) is 5.26 Å². The molecule has 0 saturated heterocycles. The molecule has 0 radical (unpaired) electrons. The lowest BCUT2D eigenvalue weighted by Gasteiger charge is -2.13. The summed E-state index contributed by atoms with van der Waals surface area (Å²) in [7, 11) is 1.56. The molecule has 5 nitrogen and oxygen atoms in total. The van der Waals surface area contributed by atoms with Crippen molar-refractivity contribution in [2.24, 2.45) is 0 Å². The molecule has 1 aliphatic heterocycles. The molecule has 18 heavy (non-hydrogen) atoms. The molecule has 1 aromatic rings. The SMILES string of the molecule is C=CCNC(C#N)c1cc(OC)c2c(c1)OCO2. The Morgan fingerprint density at radius 3 is 3.11 bits per heavy atom. The molecule has 1 aromatic carbocycles. The Hall–Kier alpha value is -2.19. The van der Waals surface area contributed by atoms with E-state index in [1.54, 1.807) is 25.3 Å². The Labute approximate surface area is 106 Å². The number of hydrogen-bond acceptors (Lipinski definition) is 5. The molecule has 1 N–H and O–H groups in total. The monoisotopic (exact) mass is 246 g/mol. The van der Waals surface area contributed by atoms with Crippen LogP contribution in [-0.4, -0.2) is 20.4 Å². The molecule has 1 heterocycles. The van der Waals surface area contributed by atoms with Crippen LogP contribution in [0.4, 0.5) is 0 Å². The van der Waals surface area contributed by atoms with Gasteiger partial charge in [0, 0.05) is 6.54 Å². The summed E-state index contributed by atoms with van der Waals surface area (Å²) in [6.45, 7) is 4.33. The zero-order valence-corrected chi connectivity index (χ0v) is 10.1. The Kier molecular flexibility index (Phi) is 3.70. The van der Waals surface area contributed by atoms with Crippen LogP contribution >= 0.6 is 0 Å². The highest BCUT2D eigenvalue weighted by Crippen LogP contribution is 2.42. The summed E-state index contributed by atoms with van der Waals surface area (Å²) >= 11 is 0. The van der Waals surface area contributed by atoms with E-state index in [9.17, 15) is 0 Å². The third-order valence-corrected chi connectivity index (χ3v) is 2.61. The van der Waals surface area contributed by atoms with Gasteiger partial charge >= 0.3 is 0 Å². The maximum atomic E-state index is 9.16. The van der Waals surface area contributed by atoms with Crippen LogP contribution in [0, 0.1) is 11.3 Å². The quantitative estimate of drug-likeness (QED) is 0.802. The van der Waals surface area contributed by atoms with Gasteiger partial charge in [-0.15, -0.1) is 6.58 Å². The molecule has 0 aliphatic carbocycles. The summed E-state index contributed by atoms with van der Waals surface area (Å²) in [6, 6.07) is 5.31. The number of rotatable bonds is 5. The minimum atomic E-state index is -0.439. The van der Waals surface area contributed by atoms with Crippen LogP contribution < -0.4 is 19.5 Å². The van der Waals surface area contributed by atoms with Crippen molar-refractivity contribution in [2.45, 2.75) is 6.04 Å². The van der Waals surface area contributed by atoms with Crippen LogP contribution in [-0.2, 0) is 0 Å². The van der Waals surface area contributed by atoms with Crippen LogP contribution in [0.15, 0.2) is 24.8 Å². The Morgan fingerprint density at radius 1 is 1.61 bits per heavy atom. The van der Waals surface area contributed by atoms with Crippen LogP contribution in [0.3, 0.4) is 0 Å². The molecular weight excluding hydrogens is 232 g/mol. The zero-order chi connectivity index (χ0) is 13.0. The first-order valence-corrected chi connectivity index (χ1v) is 5.51. The van der Waals surface area contributed by atoms with E-state index in [4.69, 9.17) is 19.5 Å². The molecule has 0 fully saturated rings. The van der Waals surface area contributed by atoms with Gasteiger partial charge in [-0.1, -0.05) is 6.08 Å². The van der Waals surface area contributed by atoms with Crippen molar-refractivity contribution in [3.63, 3.8) is 0 Å². The van der Waals surface area contributed by atoms with Gasteiger partial charge in [-0.25, -0.2) is 0 Å². The molecule has 1 atom stereocenters. The molecule has 0 aromatic heterocycles. The van der Waals surface area contributed by atoms with Crippen molar-refractivity contribution in [1.82, 2.24) is 5.32 Å². The van der Waals surface area contributed by atoms with Crippen molar-refractivity contribution in [1.29, 1.82) is 5.26 Å². The van der Waals surface area contributed by atoms with Crippen LogP contribution in [0.2, 0.25) is 0 Å². The first-order chi connectivity index (χ1) is 8.80. The Morgan fingerprint density at radius 2 is 2.44 bits per heavy atom. The molecule has 1 unspecified atom stereocenters. The van der Waals surface area contributed by atoms with E-state index in [2.05, 4.69) is 18.0 Å². The molecule has 0 amide bonds. The smallest absolute Gasteiger partial charge is 0.231 e. The lowest BCUT2D eigenvalue weighted by Crippen LogP contribution is -2.19. The van der Waals surface area contributed by atoms with E-state index in [1.807, 2.05) is 0 Å². The second kappa shape index (κ2) is 5.43. The lowest BCUT2D eigenvalue weighted by atomic mass is 10.1. The predicted octanol–water partition coefficient (Wildman–Crippen LogP) is 1.76.